The van der Waals surface area contributed by atoms with E-state index in [4.69, 9.17) is 14.2 Å². The molecule has 0 aliphatic carbocycles. The summed E-state index contributed by atoms with van der Waals surface area (Å²) < 4.78 is 56.9. The molecular formula is C18H22F3N2O3+. The van der Waals surface area contributed by atoms with E-state index in [0.717, 1.165) is 6.07 Å². The van der Waals surface area contributed by atoms with E-state index >= 15 is 0 Å². The van der Waals surface area contributed by atoms with Crippen LogP contribution in [0.1, 0.15) is 19.5 Å². The third-order valence-corrected chi connectivity index (χ3v) is 4.43. The third-order valence-electron chi connectivity index (χ3n) is 4.43. The number of benzene rings is 1. The molecule has 3 rings (SSSR count). The highest BCUT2D eigenvalue weighted by atomic mass is 19.4. The highest BCUT2D eigenvalue weighted by Crippen LogP contribution is 2.40. The summed E-state index contributed by atoms with van der Waals surface area (Å²) in [6.07, 6.45) is -4.70. The lowest BCUT2D eigenvalue weighted by Gasteiger charge is -2.37. The van der Waals surface area contributed by atoms with Gasteiger partial charge in [-0.3, -0.25) is 0 Å². The smallest absolute Gasteiger partial charge is 0.477 e. The van der Waals surface area contributed by atoms with Gasteiger partial charge in [0.05, 0.1) is 32.1 Å². The molecule has 1 aromatic heterocycles. The van der Waals surface area contributed by atoms with Gasteiger partial charge in [0.25, 0.3) is 11.2 Å². The zero-order valence-corrected chi connectivity index (χ0v) is 15.1. The lowest BCUT2D eigenvalue weighted by Crippen LogP contribution is -2.46. The number of fused-ring (bicyclic) bond motifs is 1. The zero-order valence-electron chi connectivity index (χ0n) is 15.1. The Kier molecular flexibility index (Phi) is 4.88. The summed E-state index contributed by atoms with van der Waals surface area (Å²) in [6.45, 7) is 4.78. The minimum Gasteiger partial charge on any atom is -0.496 e. The van der Waals surface area contributed by atoms with Gasteiger partial charge < -0.3 is 19.1 Å². The van der Waals surface area contributed by atoms with Crippen LogP contribution in [0.25, 0.3) is 10.9 Å². The van der Waals surface area contributed by atoms with Crippen LogP contribution in [0.15, 0.2) is 18.2 Å². The maximum Gasteiger partial charge on any atom is 0.477 e. The summed E-state index contributed by atoms with van der Waals surface area (Å²) >= 11 is 0. The van der Waals surface area contributed by atoms with Gasteiger partial charge in [0.2, 0.25) is 0 Å². The molecule has 1 fully saturated rings. The fraction of sp³-hybridized carbons (Fsp3) is 0.500. The first-order valence-corrected chi connectivity index (χ1v) is 8.33. The molecule has 0 unspecified atom stereocenters. The Morgan fingerprint density at radius 3 is 2.19 bits per heavy atom. The SMILES string of the molecule is COc1ccc(OC)c2c(N3C[C@@H](C)O[C@@H](C)C3)cc(C(F)(F)F)[nH+]c12. The van der Waals surface area contributed by atoms with Gasteiger partial charge in [-0.15, -0.1) is 0 Å². The maximum absolute atomic E-state index is 13.5. The topological polar surface area (TPSA) is 45.1 Å². The molecule has 8 heteroatoms. The van der Waals surface area contributed by atoms with E-state index in [1.807, 2.05) is 18.7 Å². The van der Waals surface area contributed by atoms with Gasteiger partial charge in [0, 0.05) is 19.2 Å². The van der Waals surface area contributed by atoms with Crippen molar-refractivity contribution in [3.05, 3.63) is 23.9 Å². The number of nitrogens with one attached hydrogen (secondary N) is 1. The van der Waals surface area contributed by atoms with E-state index in [0.29, 0.717) is 35.7 Å². The number of nitrogens with zero attached hydrogens (tertiary/aromatic N) is 1. The average molecular weight is 371 g/mol. The molecule has 2 heterocycles. The molecule has 1 aliphatic heterocycles. The second kappa shape index (κ2) is 6.83. The van der Waals surface area contributed by atoms with E-state index in [9.17, 15) is 13.2 Å². The molecule has 0 amide bonds. The summed E-state index contributed by atoms with van der Waals surface area (Å²) in [6, 6.07) is 4.42. The van der Waals surface area contributed by atoms with Crippen LogP contribution in [0.4, 0.5) is 18.9 Å². The lowest BCUT2D eigenvalue weighted by molar-refractivity contribution is -0.399. The molecule has 2 atom stereocenters. The second-order valence-electron chi connectivity index (χ2n) is 6.45. The van der Waals surface area contributed by atoms with Crippen molar-refractivity contribution in [1.29, 1.82) is 0 Å². The number of H-pyrrole nitrogens is 1. The van der Waals surface area contributed by atoms with Crippen LogP contribution in [0, 0.1) is 0 Å². The molecule has 0 spiro atoms. The number of ether oxygens (including phenoxy) is 3. The van der Waals surface area contributed by atoms with Gasteiger partial charge in [-0.05, 0) is 26.0 Å². The van der Waals surface area contributed by atoms with Gasteiger partial charge in [-0.2, -0.15) is 18.2 Å². The summed E-state index contributed by atoms with van der Waals surface area (Å²) in [5.41, 5.74) is -0.134. The Morgan fingerprint density at radius 1 is 1.08 bits per heavy atom. The molecule has 1 saturated heterocycles. The summed E-state index contributed by atoms with van der Waals surface area (Å²) in [5.74, 6) is 0.801. The number of pyridine rings is 1. The Morgan fingerprint density at radius 2 is 1.65 bits per heavy atom. The van der Waals surface area contributed by atoms with Crippen LogP contribution in [-0.2, 0) is 10.9 Å². The number of rotatable bonds is 3. The molecule has 0 radical (unpaired) electrons. The van der Waals surface area contributed by atoms with E-state index in [-0.39, 0.29) is 17.7 Å². The predicted octanol–water partition coefficient (Wildman–Crippen LogP) is 3.30. The van der Waals surface area contributed by atoms with E-state index in [1.165, 1.54) is 14.2 Å². The second-order valence-corrected chi connectivity index (χ2v) is 6.45. The largest absolute Gasteiger partial charge is 0.496 e. The number of aromatic nitrogens is 1. The number of methoxy groups -OCH3 is 2. The molecule has 1 aliphatic rings. The van der Waals surface area contributed by atoms with Crippen molar-refractivity contribution in [3.8, 4) is 11.5 Å². The third kappa shape index (κ3) is 3.38. The molecule has 0 saturated carbocycles. The van der Waals surface area contributed by atoms with E-state index in [2.05, 4.69) is 4.98 Å². The number of morpholine rings is 1. The molecule has 5 nitrogen and oxygen atoms in total. The predicted molar refractivity (Wildman–Crippen MR) is 90.8 cm³/mol. The van der Waals surface area contributed by atoms with Crippen molar-refractivity contribution >= 4 is 16.6 Å². The van der Waals surface area contributed by atoms with Crippen LogP contribution >= 0.6 is 0 Å². The number of alkyl halides is 3. The van der Waals surface area contributed by atoms with Crippen LogP contribution in [0.3, 0.4) is 0 Å². The highest BCUT2D eigenvalue weighted by Gasteiger charge is 2.41. The number of hydrogen-bond acceptors (Lipinski definition) is 4. The molecule has 26 heavy (non-hydrogen) atoms. The molecule has 1 aromatic carbocycles. The fourth-order valence-corrected chi connectivity index (χ4v) is 3.44. The van der Waals surface area contributed by atoms with Crippen LogP contribution < -0.4 is 19.4 Å². The Hall–Kier alpha value is -2.22. The minimum atomic E-state index is -4.51. The van der Waals surface area contributed by atoms with Gasteiger partial charge in [-0.25, -0.2) is 0 Å². The summed E-state index contributed by atoms with van der Waals surface area (Å²) in [7, 11) is 2.92. The minimum absolute atomic E-state index is 0.0936. The Balaban J connectivity index is 2.31. The van der Waals surface area contributed by atoms with Gasteiger partial charge >= 0.3 is 6.18 Å². The zero-order chi connectivity index (χ0) is 19.1. The standard InChI is InChI=1S/C18H21F3N2O3/c1-10-8-23(9-11(2)26-10)12-7-15(18(19,20)21)22-17-14(25-4)6-5-13(24-3)16(12)17/h5-7,10-11H,8-9H2,1-4H3/p+1/t10-,11+. The van der Waals surface area contributed by atoms with E-state index in [1.54, 1.807) is 12.1 Å². The van der Waals surface area contributed by atoms with Crippen molar-refractivity contribution in [2.24, 2.45) is 0 Å². The van der Waals surface area contributed by atoms with Crippen LogP contribution in [-0.4, -0.2) is 39.5 Å². The van der Waals surface area contributed by atoms with Gasteiger partial charge in [0.15, 0.2) is 5.75 Å². The van der Waals surface area contributed by atoms with Gasteiger partial charge in [-0.1, -0.05) is 0 Å². The Bertz CT molecular complexity index is 800. The molecule has 142 valence electrons. The maximum atomic E-state index is 13.5. The lowest BCUT2D eigenvalue weighted by atomic mass is 10.1. The van der Waals surface area contributed by atoms with Crippen molar-refractivity contribution in [2.45, 2.75) is 32.2 Å². The van der Waals surface area contributed by atoms with Crippen molar-refractivity contribution in [3.63, 3.8) is 0 Å². The highest BCUT2D eigenvalue weighted by molar-refractivity contribution is 5.98. The van der Waals surface area contributed by atoms with Gasteiger partial charge in [0.1, 0.15) is 11.1 Å². The first-order chi connectivity index (χ1) is 12.2. The fourth-order valence-electron chi connectivity index (χ4n) is 3.44. The average Bonchev–Trinajstić information content (AvgIpc) is 2.58. The molecule has 2 aromatic rings. The number of halogens is 3. The van der Waals surface area contributed by atoms with Crippen molar-refractivity contribution in [1.82, 2.24) is 0 Å². The first kappa shape index (κ1) is 18.6. The van der Waals surface area contributed by atoms with Crippen molar-refractivity contribution < 1.29 is 32.4 Å². The summed E-state index contributed by atoms with van der Waals surface area (Å²) in [5, 5.41) is 0.557. The van der Waals surface area contributed by atoms with E-state index < -0.39 is 11.9 Å². The quantitative estimate of drug-likeness (QED) is 0.831. The first-order valence-electron chi connectivity index (χ1n) is 8.33. The van der Waals surface area contributed by atoms with Crippen LogP contribution in [0.2, 0.25) is 0 Å². The number of aromatic amines is 1. The summed E-state index contributed by atoms with van der Waals surface area (Å²) in [4.78, 5) is 4.38. The number of anilines is 1. The molecular weight excluding hydrogens is 349 g/mol. The number of hydrogen-bond donors (Lipinski definition) is 0. The molecule has 0 bridgehead atoms. The normalized spacial score (nSPS) is 21.1. The van der Waals surface area contributed by atoms with Crippen LogP contribution in [0.5, 0.6) is 11.5 Å². The molecule has 1 N–H and O–H groups in total. The Labute approximate surface area is 149 Å². The monoisotopic (exact) mass is 371 g/mol. The van der Waals surface area contributed by atoms with Crippen molar-refractivity contribution in [2.75, 3.05) is 32.2 Å².